The van der Waals surface area contributed by atoms with Crippen LogP contribution < -0.4 is 16.4 Å². The van der Waals surface area contributed by atoms with Gasteiger partial charge < -0.3 is 30.7 Å². The second kappa shape index (κ2) is 10.8. The highest BCUT2D eigenvalue weighted by molar-refractivity contribution is 6.01. The van der Waals surface area contributed by atoms with E-state index in [2.05, 4.69) is 10.6 Å². The van der Waals surface area contributed by atoms with Crippen molar-refractivity contribution < 1.29 is 28.7 Å². The maximum atomic E-state index is 12.9. The van der Waals surface area contributed by atoms with Gasteiger partial charge in [0.2, 0.25) is 24.0 Å². The Balaban J connectivity index is 1.66. The third kappa shape index (κ3) is 6.07. The fraction of sp³-hybridized carbons (Fsp3) is 0.455. The molecule has 2 aliphatic heterocycles. The quantitative estimate of drug-likeness (QED) is 0.280. The molecule has 3 unspecified atom stereocenters. The van der Waals surface area contributed by atoms with Gasteiger partial charge in [-0.05, 0) is 31.1 Å². The molecule has 0 aromatic heterocycles. The summed E-state index contributed by atoms with van der Waals surface area (Å²) in [6.45, 7) is 2.40. The van der Waals surface area contributed by atoms with Gasteiger partial charge in [-0.15, -0.1) is 0 Å². The highest BCUT2D eigenvalue weighted by Gasteiger charge is 2.38. The van der Waals surface area contributed by atoms with E-state index in [0.717, 1.165) is 11.3 Å². The lowest BCUT2D eigenvalue weighted by Crippen LogP contribution is -2.49. The van der Waals surface area contributed by atoms with Crippen LogP contribution in [0.2, 0.25) is 0 Å². The van der Waals surface area contributed by atoms with Crippen molar-refractivity contribution in [2.45, 2.75) is 32.1 Å². The molecule has 172 valence electrons. The number of nitrogens with two attached hydrogens (primary N) is 1. The smallest absolute Gasteiger partial charge is 0.310 e. The first kappa shape index (κ1) is 23.3. The van der Waals surface area contributed by atoms with E-state index in [9.17, 15) is 19.2 Å². The lowest BCUT2D eigenvalue weighted by molar-refractivity contribution is -0.164. The minimum Gasteiger partial charge on any atom is -0.433 e. The standard InChI is InChI=1S/C22H28N4O6/c1-2-31-22-17(10-19(28)32-22)25-18(27)13-26-12-14(8-9-16(20(23)29)21(26)30)11-24-15-6-4-3-5-7-15/h3-8,16-17,22,24H,2,9-13H2,1H3,(H2,23,29)(H,25,27). The number of carbonyl (C=O) groups excluding carboxylic acids is 4. The van der Waals surface area contributed by atoms with Gasteiger partial charge in [-0.2, -0.15) is 0 Å². The number of allylic oxidation sites excluding steroid dienone is 1. The van der Waals surface area contributed by atoms with E-state index in [-0.39, 0.29) is 25.9 Å². The van der Waals surface area contributed by atoms with E-state index in [1.807, 2.05) is 36.4 Å². The first-order chi connectivity index (χ1) is 15.4. The minimum atomic E-state index is -1.04. The van der Waals surface area contributed by atoms with Crippen LogP contribution in [0.3, 0.4) is 0 Å². The molecule has 0 saturated carbocycles. The summed E-state index contributed by atoms with van der Waals surface area (Å²) in [4.78, 5) is 50.3. The second-order valence-electron chi connectivity index (χ2n) is 7.66. The molecule has 2 aliphatic rings. The largest absolute Gasteiger partial charge is 0.433 e. The van der Waals surface area contributed by atoms with E-state index in [1.54, 1.807) is 6.92 Å². The Bertz CT molecular complexity index is 888. The van der Waals surface area contributed by atoms with E-state index in [4.69, 9.17) is 15.2 Å². The van der Waals surface area contributed by atoms with Crippen LogP contribution in [0.1, 0.15) is 19.8 Å². The number of carbonyl (C=O) groups is 4. The molecular weight excluding hydrogens is 416 g/mol. The number of cyclic esters (lactones) is 1. The number of anilines is 1. The topological polar surface area (TPSA) is 140 Å². The van der Waals surface area contributed by atoms with Crippen molar-refractivity contribution >= 4 is 29.4 Å². The van der Waals surface area contributed by atoms with E-state index >= 15 is 0 Å². The maximum Gasteiger partial charge on any atom is 0.310 e. The Morgan fingerprint density at radius 2 is 2.00 bits per heavy atom. The molecule has 1 aromatic rings. The summed E-state index contributed by atoms with van der Waals surface area (Å²) in [5.41, 5.74) is 7.19. The Morgan fingerprint density at radius 1 is 1.25 bits per heavy atom. The lowest BCUT2D eigenvalue weighted by atomic mass is 10.0. The first-order valence-corrected chi connectivity index (χ1v) is 10.5. The lowest BCUT2D eigenvalue weighted by Gasteiger charge is -2.25. The molecule has 1 aromatic carbocycles. The van der Waals surface area contributed by atoms with Gasteiger partial charge in [-0.25, -0.2) is 0 Å². The number of rotatable bonds is 9. The molecule has 0 spiro atoms. The fourth-order valence-corrected chi connectivity index (χ4v) is 3.66. The number of amides is 3. The van der Waals surface area contributed by atoms with Gasteiger partial charge >= 0.3 is 5.97 Å². The molecule has 2 heterocycles. The van der Waals surface area contributed by atoms with Gasteiger partial charge in [0.15, 0.2) is 0 Å². The Morgan fingerprint density at radius 3 is 2.69 bits per heavy atom. The highest BCUT2D eigenvalue weighted by Crippen LogP contribution is 2.19. The molecule has 3 rings (SSSR count). The highest BCUT2D eigenvalue weighted by atomic mass is 16.7. The number of nitrogens with one attached hydrogen (secondary N) is 2. The summed E-state index contributed by atoms with van der Waals surface area (Å²) in [6.07, 6.45) is 1.12. The number of nitrogens with zero attached hydrogens (tertiary/aromatic N) is 1. The van der Waals surface area contributed by atoms with Gasteiger partial charge in [-0.1, -0.05) is 24.3 Å². The number of hydrogen-bond donors (Lipinski definition) is 3. The Labute approximate surface area is 186 Å². The first-order valence-electron chi connectivity index (χ1n) is 10.5. The molecule has 3 atom stereocenters. The molecule has 0 radical (unpaired) electrons. The molecule has 3 amide bonds. The SMILES string of the molecule is CCOC1OC(=O)CC1NC(=O)CN1CC(CNc2ccccc2)=CCC(C(N)=O)C1=O. The van der Waals surface area contributed by atoms with Crippen LogP contribution in [0.25, 0.3) is 0 Å². The summed E-state index contributed by atoms with van der Waals surface area (Å²) >= 11 is 0. The van der Waals surface area contributed by atoms with E-state index in [1.165, 1.54) is 4.90 Å². The van der Waals surface area contributed by atoms with Crippen molar-refractivity contribution in [3.63, 3.8) is 0 Å². The minimum absolute atomic E-state index is 0.0135. The molecule has 1 saturated heterocycles. The molecule has 0 bridgehead atoms. The van der Waals surface area contributed by atoms with Crippen LogP contribution in [0, 0.1) is 5.92 Å². The second-order valence-corrected chi connectivity index (χ2v) is 7.66. The average molecular weight is 444 g/mol. The fourth-order valence-electron chi connectivity index (χ4n) is 3.66. The predicted molar refractivity (Wildman–Crippen MR) is 115 cm³/mol. The third-order valence-electron chi connectivity index (χ3n) is 5.26. The zero-order valence-corrected chi connectivity index (χ0v) is 17.9. The van der Waals surface area contributed by atoms with E-state index in [0.29, 0.717) is 13.2 Å². The predicted octanol–water partition coefficient (Wildman–Crippen LogP) is 0.153. The van der Waals surface area contributed by atoms with Crippen LogP contribution in [0.5, 0.6) is 0 Å². The van der Waals surface area contributed by atoms with Gasteiger partial charge in [-0.3, -0.25) is 19.2 Å². The summed E-state index contributed by atoms with van der Waals surface area (Å²) in [6, 6.07) is 8.91. The van der Waals surface area contributed by atoms with Gasteiger partial charge in [0.25, 0.3) is 0 Å². The molecule has 10 nitrogen and oxygen atoms in total. The van der Waals surface area contributed by atoms with Crippen LogP contribution in [-0.4, -0.2) is 67.2 Å². The Hall–Kier alpha value is -3.40. The Kier molecular flexibility index (Phi) is 7.82. The molecule has 0 aliphatic carbocycles. The average Bonchev–Trinajstić information content (AvgIpc) is 3.01. The number of hydrogen-bond acceptors (Lipinski definition) is 7. The van der Waals surface area contributed by atoms with Gasteiger partial charge in [0, 0.05) is 25.4 Å². The van der Waals surface area contributed by atoms with Crippen molar-refractivity contribution in [3.8, 4) is 0 Å². The molecule has 32 heavy (non-hydrogen) atoms. The van der Waals surface area contributed by atoms with Crippen molar-refractivity contribution in [3.05, 3.63) is 42.0 Å². The van der Waals surface area contributed by atoms with Crippen molar-refractivity contribution in [2.75, 3.05) is 31.6 Å². The number of benzene rings is 1. The molecule has 1 fully saturated rings. The van der Waals surface area contributed by atoms with Gasteiger partial charge in [0.1, 0.15) is 12.0 Å². The molecule has 10 heteroatoms. The van der Waals surface area contributed by atoms with E-state index < -0.39 is 41.9 Å². The number of esters is 1. The number of primary amides is 1. The van der Waals surface area contributed by atoms with Crippen molar-refractivity contribution in [2.24, 2.45) is 11.7 Å². The third-order valence-corrected chi connectivity index (χ3v) is 5.26. The number of ether oxygens (including phenoxy) is 2. The van der Waals surface area contributed by atoms with Gasteiger partial charge in [0.05, 0.1) is 13.0 Å². The maximum absolute atomic E-state index is 12.9. The van der Waals surface area contributed by atoms with Crippen LogP contribution in [0.15, 0.2) is 42.0 Å². The van der Waals surface area contributed by atoms with Crippen molar-refractivity contribution in [1.29, 1.82) is 0 Å². The molecular formula is C22H28N4O6. The monoisotopic (exact) mass is 444 g/mol. The number of para-hydroxylation sites is 1. The summed E-state index contributed by atoms with van der Waals surface area (Å²) in [7, 11) is 0. The van der Waals surface area contributed by atoms with Crippen LogP contribution in [0.4, 0.5) is 5.69 Å². The zero-order valence-electron chi connectivity index (χ0n) is 17.9. The summed E-state index contributed by atoms with van der Waals surface area (Å²) < 4.78 is 10.4. The van der Waals surface area contributed by atoms with Crippen molar-refractivity contribution in [1.82, 2.24) is 10.2 Å². The summed E-state index contributed by atoms with van der Waals surface area (Å²) in [5.74, 6) is -3.22. The normalized spacial score (nSPS) is 23.2. The zero-order chi connectivity index (χ0) is 23.1. The summed E-state index contributed by atoms with van der Waals surface area (Å²) in [5, 5.41) is 5.96. The van der Waals surface area contributed by atoms with Crippen LogP contribution in [-0.2, 0) is 28.7 Å². The molecule has 4 N–H and O–H groups in total. The van der Waals surface area contributed by atoms with Crippen LogP contribution >= 0.6 is 0 Å².